The summed E-state index contributed by atoms with van der Waals surface area (Å²) >= 11 is 0. The van der Waals surface area contributed by atoms with Crippen LogP contribution in [0.25, 0.3) is 0 Å². The lowest BCUT2D eigenvalue weighted by Gasteiger charge is -2.24. The summed E-state index contributed by atoms with van der Waals surface area (Å²) in [4.78, 5) is 13.9. The number of carbonyl (C=O) groups excluding carboxylic acids is 1. The van der Waals surface area contributed by atoms with Crippen molar-refractivity contribution >= 4 is 11.6 Å². The van der Waals surface area contributed by atoms with Crippen molar-refractivity contribution in [2.24, 2.45) is 0 Å². The number of nitrogens with zero attached hydrogens (tertiary/aromatic N) is 1. The van der Waals surface area contributed by atoms with E-state index in [1.54, 1.807) is 6.92 Å². The third-order valence-corrected chi connectivity index (χ3v) is 3.96. The molecule has 1 N–H and O–H groups in total. The summed E-state index contributed by atoms with van der Waals surface area (Å²) in [7, 11) is 0. The zero-order valence-corrected chi connectivity index (χ0v) is 12.5. The Hall–Kier alpha value is -1.35. The Labute approximate surface area is 122 Å². The van der Waals surface area contributed by atoms with Crippen LogP contribution in [0, 0.1) is 0 Å². The molecule has 0 aliphatic carbocycles. The van der Waals surface area contributed by atoms with Crippen molar-refractivity contribution in [3.05, 3.63) is 29.8 Å². The number of rotatable bonds is 0. The van der Waals surface area contributed by atoms with Crippen LogP contribution in [-0.4, -0.2) is 19.0 Å². The van der Waals surface area contributed by atoms with Crippen LogP contribution in [0.3, 0.4) is 0 Å². The predicted molar refractivity (Wildman–Crippen MR) is 83.9 cm³/mol. The lowest BCUT2D eigenvalue weighted by atomic mass is 10.1. The number of amides is 1. The highest BCUT2D eigenvalue weighted by molar-refractivity contribution is 5.92. The fraction of sp³-hybridized carbons (Fsp3) is 0.588. The van der Waals surface area contributed by atoms with Crippen LogP contribution in [0.15, 0.2) is 24.3 Å². The van der Waals surface area contributed by atoms with Gasteiger partial charge in [0.2, 0.25) is 5.91 Å². The molecule has 0 aromatic heterocycles. The Kier molecular flexibility index (Phi) is 6.06. The average molecular weight is 274 g/mol. The van der Waals surface area contributed by atoms with E-state index in [1.165, 1.54) is 37.7 Å². The highest BCUT2D eigenvalue weighted by Crippen LogP contribution is 2.22. The van der Waals surface area contributed by atoms with Gasteiger partial charge in [-0.15, -0.1) is 0 Å². The Bertz CT molecular complexity index is 431. The van der Waals surface area contributed by atoms with Gasteiger partial charge in [-0.1, -0.05) is 43.9 Å². The molecule has 0 saturated heterocycles. The Morgan fingerprint density at radius 3 is 2.55 bits per heavy atom. The van der Waals surface area contributed by atoms with E-state index in [4.69, 9.17) is 0 Å². The first-order valence-corrected chi connectivity index (χ1v) is 7.86. The number of fused-ring (bicyclic) bond motifs is 1. The van der Waals surface area contributed by atoms with Gasteiger partial charge in [-0.25, -0.2) is 0 Å². The van der Waals surface area contributed by atoms with Crippen molar-refractivity contribution in [3.63, 3.8) is 0 Å². The van der Waals surface area contributed by atoms with Gasteiger partial charge in [-0.05, 0) is 31.0 Å². The smallest absolute Gasteiger partial charge is 0.223 e. The van der Waals surface area contributed by atoms with Crippen LogP contribution >= 0.6 is 0 Å². The largest absolute Gasteiger partial charge is 0.313 e. The van der Waals surface area contributed by atoms with Crippen LogP contribution in [-0.2, 0) is 11.3 Å². The molecule has 1 aliphatic rings. The Morgan fingerprint density at radius 2 is 1.75 bits per heavy atom. The van der Waals surface area contributed by atoms with Crippen LogP contribution in [0.5, 0.6) is 0 Å². The summed E-state index contributed by atoms with van der Waals surface area (Å²) in [6.07, 6.45) is 7.48. The van der Waals surface area contributed by atoms with Gasteiger partial charge < -0.3 is 10.2 Å². The van der Waals surface area contributed by atoms with Crippen LogP contribution in [0.1, 0.15) is 51.0 Å². The molecule has 1 heterocycles. The first kappa shape index (κ1) is 15.0. The average Bonchev–Trinajstić information content (AvgIpc) is 2.46. The van der Waals surface area contributed by atoms with Gasteiger partial charge in [0, 0.05) is 25.7 Å². The van der Waals surface area contributed by atoms with Gasteiger partial charge in [0.25, 0.3) is 0 Å². The molecule has 3 heteroatoms. The van der Waals surface area contributed by atoms with E-state index in [0.29, 0.717) is 0 Å². The first-order valence-electron chi connectivity index (χ1n) is 7.86. The fourth-order valence-electron chi connectivity index (χ4n) is 2.82. The number of anilines is 1. The standard InChI is InChI=1S/C17H26N2O/c1-15(20)19-13-9-5-3-2-4-8-12-18-14-16-10-6-7-11-17(16)19/h6-7,10-11,18H,2-5,8-9,12-14H2,1H3. The quantitative estimate of drug-likeness (QED) is 0.785. The molecule has 0 unspecified atom stereocenters. The van der Waals surface area contributed by atoms with E-state index >= 15 is 0 Å². The highest BCUT2D eigenvalue weighted by Gasteiger charge is 2.14. The number of nitrogens with one attached hydrogen (secondary N) is 1. The summed E-state index contributed by atoms with van der Waals surface area (Å²) in [6, 6.07) is 8.26. The topological polar surface area (TPSA) is 32.3 Å². The molecule has 0 radical (unpaired) electrons. The second kappa shape index (κ2) is 8.05. The van der Waals surface area contributed by atoms with E-state index in [2.05, 4.69) is 23.5 Å². The second-order valence-corrected chi connectivity index (χ2v) is 5.60. The molecule has 0 fully saturated rings. The highest BCUT2D eigenvalue weighted by atomic mass is 16.2. The van der Waals surface area contributed by atoms with Gasteiger partial charge in [0.1, 0.15) is 0 Å². The van der Waals surface area contributed by atoms with E-state index in [9.17, 15) is 4.79 Å². The zero-order valence-electron chi connectivity index (χ0n) is 12.5. The fourth-order valence-corrected chi connectivity index (χ4v) is 2.82. The summed E-state index contributed by atoms with van der Waals surface area (Å²) in [5.74, 6) is 0.146. The van der Waals surface area contributed by atoms with Gasteiger partial charge in [-0.2, -0.15) is 0 Å². The molecule has 0 spiro atoms. The monoisotopic (exact) mass is 274 g/mol. The van der Waals surface area contributed by atoms with E-state index in [1.807, 2.05) is 11.0 Å². The van der Waals surface area contributed by atoms with Gasteiger partial charge in [-0.3, -0.25) is 4.79 Å². The third kappa shape index (κ3) is 4.34. The first-order chi connectivity index (χ1) is 9.79. The maximum absolute atomic E-state index is 12.0. The summed E-state index contributed by atoms with van der Waals surface area (Å²) in [6.45, 7) is 4.42. The maximum Gasteiger partial charge on any atom is 0.223 e. The molecule has 110 valence electrons. The van der Waals surface area contributed by atoms with Crippen molar-refractivity contribution in [1.29, 1.82) is 0 Å². The molecule has 0 saturated carbocycles. The lowest BCUT2D eigenvalue weighted by molar-refractivity contribution is -0.116. The molecule has 1 aliphatic heterocycles. The summed E-state index contributed by atoms with van der Waals surface area (Å²) < 4.78 is 0. The van der Waals surface area contributed by atoms with Gasteiger partial charge in [0.15, 0.2) is 0 Å². The molecule has 1 amide bonds. The van der Waals surface area contributed by atoms with E-state index in [0.717, 1.165) is 31.7 Å². The molecular weight excluding hydrogens is 248 g/mol. The number of hydrogen-bond donors (Lipinski definition) is 1. The minimum Gasteiger partial charge on any atom is -0.313 e. The predicted octanol–water partition coefficient (Wildman–Crippen LogP) is 3.48. The Morgan fingerprint density at radius 1 is 1.05 bits per heavy atom. The SMILES string of the molecule is CC(=O)N1CCCCCCCCNCc2ccccc21. The van der Waals surface area contributed by atoms with Gasteiger partial charge >= 0.3 is 0 Å². The van der Waals surface area contributed by atoms with Crippen LogP contribution in [0.2, 0.25) is 0 Å². The van der Waals surface area contributed by atoms with E-state index < -0.39 is 0 Å². The molecule has 20 heavy (non-hydrogen) atoms. The summed E-state index contributed by atoms with van der Waals surface area (Å²) in [5, 5.41) is 3.50. The molecule has 0 atom stereocenters. The molecule has 2 rings (SSSR count). The zero-order chi connectivity index (χ0) is 14.2. The van der Waals surface area contributed by atoms with E-state index in [-0.39, 0.29) is 5.91 Å². The van der Waals surface area contributed by atoms with Gasteiger partial charge in [0.05, 0.1) is 0 Å². The minimum atomic E-state index is 0.146. The molecule has 3 nitrogen and oxygen atoms in total. The molecular formula is C17H26N2O. The molecule has 1 aromatic rings. The molecule has 0 bridgehead atoms. The lowest BCUT2D eigenvalue weighted by Crippen LogP contribution is -2.31. The number of benzene rings is 1. The summed E-state index contributed by atoms with van der Waals surface area (Å²) in [5.41, 5.74) is 2.30. The maximum atomic E-state index is 12.0. The van der Waals surface area contributed by atoms with Crippen molar-refractivity contribution in [3.8, 4) is 0 Å². The Balaban J connectivity index is 2.17. The number of para-hydroxylation sites is 1. The molecule has 1 aromatic carbocycles. The van der Waals surface area contributed by atoms with Crippen molar-refractivity contribution in [2.75, 3.05) is 18.0 Å². The van der Waals surface area contributed by atoms with Crippen LogP contribution in [0.4, 0.5) is 5.69 Å². The van der Waals surface area contributed by atoms with Crippen molar-refractivity contribution in [1.82, 2.24) is 5.32 Å². The van der Waals surface area contributed by atoms with Crippen molar-refractivity contribution < 1.29 is 4.79 Å². The third-order valence-electron chi connectivity index (χ3n) is 3.96. The second-order valence-electron chi connectivity index (χ2n) is 5.60. The minimum absolute atomic E-state index is 0.146. The van der Waals surface area contributed by atoms with Crippen LogP contribution < -0.4 is 10.2 Å². The normalized spacial score (nSPS) is 18.4. The number of carbonyl (C=O) groups is 1. The number of hydrogen-bond acceptors (Lipinski definition) is 2. The van der Waals surface area contributed by atoms with Crippen molar-refractivity contribution in [2.45, 2.75) is 52.0 Å².